The first kappa shape index (κ1) is 43.7. The third-order valence-corrected chi connectivity index (χ3v) is 12.3. The largest absolute Gasteiger partial charge is 0.509 e. The summed E-state index contributed by atoms with van der Waals surface area (Å²) in [7, 11) is 0. The second-order valence-electron chi connectivity index (χ2n) is 18.3. The first-order valence-corrected chi connectivity index (χ1v) is 22.1. The van der Waals surface area contributed by atoms with Gasteiger partial charge in [-0.3, -0.25) is 0 Å². The zero-order valence-corrected chi connectivity index (χ0v) is 39.9. The molecule has 0 saturated heterocycles. The molecule has 10 rings (SSSR count). The van der Waals surface area contributed by atoms with E-state index >= 15 is 0 Å². The number of ether oxygens (including phenoxy) is 1. The van der Waals surface area contributed by atoms with Gasteiger partial charge in [-0.25, -0.2) is 9.37 Å². The normalized spacial score (nSPS) is 12.6. The van der Waals surface area contributed by atoms with Crippen molar-refractivity contribution >= 4 is 44.6 Å². The number of hydrogen-bond donors (Lipinski definition) is 0. The first-order chi connectivity index (χ1) is 30.9. The molecule has 0 unspecified atom stereocenters. The molecule has 1 aliphatic heterocycles. The van der Waals surface area contributed by atoms with E-state index in [0.717, 1.165) is 67.1 Å². The summed E-state index contributed by atoms with van der Waals surface area (Å²) in [5, 5.41) is 2.19. The Hall–Kier alpha value is -6.49. The molecule has 0 fully saturated rings. The minimum Gasteiger partial charge on any atom is -0.509 e. The molecule has 65 heavy (non-hydrogen) atoms. The van der Waals surface area contributed by atoms with E-state index in [4.69, 9.17) is 9.72 Å². The molecule has 328 valence electrons. The maximum atomic E-state index is 14.1. The molecule has 1 aliphatic rings. The van der Waals surface area contributed by atoms with Crippen LogP contribution in [-0.4, -0.2) is 9.55 Å². The van der Waals surface area contributed by atoms with Crippen LogP contribution in [0.2, 0.25) is 0 Å². The van der Waals surface area contributed by atoms with Crippen LogP contribution in [0.3, 0.4) is 0 Å². The Morgan fingerprint density at radius 3 is 1.98 bits per heavy atom. The predicted molar refractivity (Wildman–Crippen MR) is 262 cm³/mol. The van der Waals surface area contributed by atoms with Crippen molar-refractivity contribution in [3.05, 3.63) is 199 Å². The fourth-order valence-corrected chi connectivity index (χ4v) is 9.09. The number of benzene rings is 7. The van der Waals surface area contributed by atoms with Crippen molar-refractivity contribution in [2.45, 2.75) is 65.7 Å². The van der Waals surface area contributed by atoms with Gasteiger partial charge in [0.05, 0.1) is 0 Å². The molecule has 0 bridgehead atoms. The van der Waals surface area contributed by atoms with Crippen LogP contribution >= 0.6 is 0 Å². The molecule has 0 radical (unpaired) electrons. The summed E-state index contributed by atoms with van der Waals surface area (Å²) in [6.07, 6.45) is 1.90. The van der Waals surface area contributed by atoms with Crippen molar-refractivity contribution in [2.75, 3.05) is 9.80 Å². The van der Waals surface area contributed by atoms with Gasteiger partial charge in [0.15, 0.2) is 0 Å². The van der Waals surface area contributed by atoms with Gasteiger partial charge in [0.25, 0.3) is 0 Å². The second kappa shape index (κ2) is 17.5. The van der Waals surface area contributed by atoms with E-state index in [1.54, 1.807) is 0 Å². The Kier molecular flexibility index (Phi) is 11.8. The molecule has 7 aromatic carbocycles. The van der Waals surface area contributed by atoms with E-state index in [0.29, 0.717) is 11.5 Å². The molecule has 3 heterocycles. The molecular weight excluding hydrogens is 983 g/mol. The zero-order valence-electron chi connectivity index (χ0n) is 37.6. The molecule has 5 nitrogen and oxygen atoms in total. The van der Waals surface area contributed by atoms with E-state index in [2.05, 4.69) is 191 Å². The zero-order chi connectivity index (χ0) is 44.3. The number of anilines is 4. The molecule has 7 heteroatoms. The molecule has 0 saturated carbocycles. The van der Waals surface area contributed by atoms with Gasteiger partial charge >= 0.3 is 0 Å². The molecule has 9 aromatic rings. The summed E-state index contributed by atoms with van der Waals surface area (Å²) in [4.78, 5) is 9.30. The van der Waals surface area contributed by atoms with Crippen molar-refractivity contribution < 1.29 is 30.2 Å². The van der Waals surface area contributed by atoms with Crippen LogP contribution in [0, 0.1) is 24.6 Å². The van der Waals surface area contributed by atoms with Crippen LogP contribution in [-0.2, 0) is 26.5 Å². The standard InChI is InChI=1S/C58H50FN4O.Pt/c1-37(2)46-17-14-18-47(38(3)4)57(46)40-31-43(61-36-62(54-22-13-12-21-53(54)61)51-19-10-8-15-48(51)39-23-25-42(59)26-24-39)34-45(32-40)64-44-27-28-50-49-16-9-11-20-52(49)63(55(50)35-44)56-33-41(29-30-60-56)58(5,6)7;/h8-33,36-38H,1-7H3;/q-3;. The van der Waals surface area contributed by atoms with Crippen molar-refractivity contribution in [1.82, 2.24) is 9.55 Å². The van der Waals surface area contributed by atoms with Crippen molar-refractivity contribution in [3.63, 3.8) is 0 Å². The molecular formula is C58H50FN4OPt-3. The van der Waals surface area contributed by atoms with Crippen LogP contribution < -0.4 is 14.5 Å². The monoisotopic (exact) mass is 1030 g/mol. The summed E-state index contributed by atoms with van der Waals surface area (Å²) in [6.45, 7) is 17.8. The number of rotatable bonds is 9. The number of fused-ring (bicyclic) bond motifs is 4. The average molecular weight is 1030 g/mol. The van der Waals surface area contributed by atoms with Crippen LogP contribution in [0.15, 0.2) is 158 Å². The van der Waals surface area contributed by atoms with Gasteiger partial charge < -0.3 is 19.1 Å². The van der Waals surface area contributed by atoms with Gasteiger partial charge in [0.2, 0.25) is 0 Å². The summed E-state index contributed by atoms with van der Waals surface area (Å²) in [5.41, 5.74) is 13.7. The van der Waals surface area contributed by atoms with Crippen LogP contribution in [0.4, 0.5) is 27.1 Å². The number of aromatic nitrogens is 2. The maximum Gasteiger partial charge on any atom is 0.135 e. The smallest absolute Gasteiger partial charge is 0.135 e. The Balaban J connectivity index is 0.00000533. The Morgan fingerprint density at radius 2 is 1.28 bits per heavy atom. The predicted octanol–water partition coefficient (Wildman–Crippen LogP) is 16.0. The molecule has 0 aliphatic carbocycles. The van der Waals surface area contributed by atoms with Crippen LogP contribution in [0.1, 0.15) is 77.0 Å². The molecule has 0 amide bonds. The molecule has 0 atom stereocenters. The van der Waals surface area contributed by atoms with Crippen molar-refractivity contribution in [2.24, 2.45) is 0 Å². The number of nitrogens with zero attached hydrogens (tertiary/aromatic N) is 4. The number of pyridine rings is 1. The summed E-state index contributed by atoms with van der Waals surface area (Å²) < 4.78 is 23.3. The van der Waals surface area contributed by atoms with Gasteiger partial charge in [-0.15, -0.1) is 53.6 Å². The van der Waals surface area contributed by atoms with Crippen LogP contribution in [0.25, 0.3) is 49.9 Å². The van der Waals surface area contributed by atoms with Gasteiger partial charge in [-0.1, -0.05) is 133 Å². The molecule has 2 aromatic heterocycles. The SMILES string of the molecule is CC(C)c1cccc(C(C)C)c1-c1cc(Oc2[c-]c3c(cc2)c2ccccc2n3-c2cc(C(C)(C)C)ccn2)[c-]c(N2[CH-]N(c3ccccc3-c3ccc(F)cc3)c3ccccc32)c1.[Pt]. The third kappa shape index (κ3) is 8.14. The average Bonchev–Trinajstić information content (AvgIpc) is 3.85. The van der Waals surface area contributed by atoms with Crippen molar-refractivity contribution in [1.29, 1.82) is 0 Å². The van der Waals surface area contributed by atoms with Gasteiger partial charge in [-0.2, -0.15) is 6.07 Å². The summed E-state index contributed by atoms with van der Waals surface area (Å²) in [5.74, 6) is 2.29. The van der Waals surface area contributed by atoms with E-state index < -0.39 is 0 Å². The topological polar surface area (TPSA) is 33.5 Å². The number of hydrogen-bond acceptors (Lipinski definition) is 4. The molecule has 0 N–H and O–H groups in total. The van der Waals surface area contributed by atoms with E-state index in [1.165, 1.54) is 34.4 Å². The molecule has 0 spiro atoms. The van der Waals surface area contributed by atoms with Crippen LogP contribution in [0.5, 0.6) is 11.5 Å². The van der Waals surface area contributed by atoms with Gasteiger partial charge in [0.1, 0.15) is 11.6 Å². The van der Waals surface area contributed by atoms with Crippen molar-refractivity contribution in [3.8, 4) is 39.6 Å². The van der Waals surface area contributed by atoms with E-state index in [1.807, 2.05) is 36.5 Å². The minimum absolute atomic E-state index is 0. The van der Waals surface area contributed by atoms with E-state index in [9.17, 15) is 4.39 Å². The van der Waals surface area contributed by atoms with Gasteiger partial charge in [0, 0.05) is 66.9 Å². The quantitative estimate of drug-likeness (QED) is 0.135. The van der Waals surface area contributed by atoms with E-state index in [-0.39, 0.29) is 44.1 Å². The Morgan fingerprint density at radius 1 is 0.615 bits per heavy atom. The van der Waals surface area contributed by atoms with Gasteiger partial charge in [-0.05, 0) is 99.0 Å². The Bertz CT molecular complexity index is 3170. The fourth-order valence-electron chi connectivity index (χ4n) is 9.09. The summed E-state index contributed by atoms with van der Waals surface area (Å²) in [6, 6.07) is 58.7. The third-order valence-electron chi connectivity index (χ3n) is 12.3. The maximum absolute atomic E-state index is 14.1. The first-order valence-electron chi connectivity index (χ1n) is 22.1. The number of para-hydroxylation sites is 4. The second-order valence-corrected chi connectivity index (χ2v) is 18.3. The minimum atomic E-state index is -0.263. The fraction of sp³-hybridized carbons (Fsp3) is 0.172. The Labute approximate surface area is 396 Å². The summed E-state index contributed by atoms with van der Waals surface area (Å²) >= 11 is 0. The number of halogens is 1.